The Morgan fingerprint density at radius 2 is 2.32 bits per heavy atom. The Morgan fingerprint density at radius 3 is 2.95 bits per heavy atom. The Balaban J connectivity index is 1.95. The van der Waals surface area contributed by atoms with Crippen LogP contribution in [0.1, 0.15) is 21.7 Å². The fourth-order valence-corrected chi connectivity index (χ4v) is 1.40. The number of amides is 1. The molecule has 2 aromatic heterocycles. The Labute approximate surface area is 110 Å². The third-order valence-corrected chi connectivity index (χ3v) is 2.33. The lowest BCUT2D eigenvalue weighted by molar-refractivity contribution is 0.0945. The fraction of sp³-hybridized carbons (Fsp3) is 0.154. The number of nitrogens with one attached hydrogen (secondary N) is 2. The van der Waals surface area contributed by atoms with Crippen LogP contribution in [0.15, 0.2) is 30.9 Å². The highest BCUT2D eigenvalue weighted by Gasteiger charge is 2.06. The Morgan fingerprint density at radius 1 is 1.42 bits per heavy atom. The highest BCUT2D eigenvalue weighted by atomic mass is 16.1. The molecule has 96 valence electrons. The Hall–Kier alpha value is -2.65. The molecule has 6 nitrogen and oxygen atoms in total. The standard InChI is InChI=1S/C13H13N5O/c14-5-1-2-10-3-4-12(16-6-10)13(19)17-8-11-7-15-9-18-11/h3-4,6-7,9H,5,8,14H2,(H,15,18)(H,17,19). The molecular formula is C13H13N5O. The lowest BCUT2D eigenvalue weighted by Crippen LogP contribution is -2.23. The number of hydrogen-bond donors (Lipinski definition) is 3. The third kappa shape index (κ3) is 3.66. The monoisotopic (exact) mass is 255 g/mol. The lowest BCUT2D eigenvalue weighted by Gasteiger charge is -2.02. The van der Waals surface area contributed by atoms with Gasteiger partial charge in [-0.3, -0.25) is 4.79 Å². The van der Waals surface area contributed by atoms with Gasteiger partial charge in [-0.25, -0.2) is 9.97 Å². The van der Waals surface area contributed by atoms with Crippen LogP contribution in [-0.2, 0) is 6.54 Å². The number of carbonyl (C=O) groups excluding carboxylic acids is 1. The second-order valence-electron chi connectivity index (χ2n) is 3.70. The van der Waals surface area contributed by atoms with E-state index in [4.69, 9.17) is 5.73 Å². The number of hydrogen-bond acceptors (Lipinski definition) is 4. The second-order valence-corrected chi connectivity index (χ2v) is 3.70. The van der Waals surface area contributed by atoms with E-state index in [1.165, 1.54) is 0 Å². The first-order valence-corrected chi connectivity index (χ1v) is 5.70. The zero-order valence-corrected chi connectivity index (χ0v) is 10.2. The second kappa shape index (κ2) is 6.33. The van der Waals surface area contributed by atoms with Crippen LogP contribution in [0.2, 0.25) is 0 Å². The van der Waals surface area contributed by atoms with Gasteiger partial charge in [0.05, 0.1) is 25.1 Å². The van der Waals surface area contributed by atoms with Crippen LogP contribution < -0.4 is 11.1 Å². The minimum atomic E-state index is -0.243. The summed E-state index contributed by atoms with van der Waals surface area (Å²) < 4.78 is 0. The summed E-state index contributed by atoms with van der Waals surface area (Å²) in [6.07, 6.45) is 4.76. The zero-order valence-electron chi connectivity index (χ0n) is 10.2. The molecule has 4 N–H and O–H groups in total. The van der Waals surface area contributed by atoms with Gasteiger partial charge in [-0.15, -0.1) is 0 Å². The van der Waals surface area contributed by atoms with Crippen LogP contribution in [0.25, 0.3) is 0 Å². The number of carbonyl (C=O) groups is 1. The van der Waals surface area contributed by atoms with E-state index in [0.717, 1.165) is 11.3 Å². The van der Waals surface area contributed by atoms with Crippen LogP contribution in [0.3, 0.4) is 0 Å². The van der Waals surface area contributed by atoms with Gasteiger partial charge in [0.15, 0.2) is 0 Å². The maximum absolute atomic E-state index is 11.8. The number of imidazole rings is 1. The molecule has 0 fully saturated rings. The number of rotatable bonds is 3. The molecular weight excluding hydrogens is 242 g/mol. The average molecular weight is 255 g/mol. The van der Waals surface area contributed by atoms with Crippen molar-refractivity contribution in [2.75, 3.05) is 6.54 Å². The molecule has 6 heteroatoms. The average Bonchev–Trinajstić information content (AvgIpc) is 2.96. The molecule has 0 saturated carbocycles. The first-order valence-electron chi connectivity index (χ1n) is 5.70. The van der Waals surface area contributed by atoms with Gasteiger partial charge < -0.3 is 16.0 Å². The third-order valence-electron chi connectivity index (χ3n) is 2.33. The topological polar surface area (TPSA) is 96.7 Å². The van der Waals surface area contributed by atoms with E-state index >= 15 is 0 Å². The van der Waals surface area contributed by atoms with Gasteiger partial charge in [0.2, 0.25) is 0 Å². The SMILES string of the molecule is NCC#Cc1ccc(C(=O)NCc2cnc[nH]2)nc1. The summed E-state index contributed by atoms with van der Waals surface area (Å²) in [7, 11) is 0. The molecule has 0 aliphatic rings. The van der Waals surface area contributed by atoms with Crippen LogP contribution in [0.5, 0.6) is 0 Å². The molecule has 19 heavy (non-hydrogen) atoms. The number of aromatic amines is 1. The van der Waals surface area contributed by atoms with Gasteiger partial charge in [-0.05, 0) is 12.1 Å². The van der Waals surface area contributed by atoms with E-state index in [9.17, 15) is 4.79 Å². The molecule has 0 unspecified atom stereocenters. The van der Waals surface area contributed by atoms with Crippen molar-refractivity contribution in [1.29, 1.82) is 0 Å². The van der Waals surface area contributed by atoms with E-state index < -0.39 is 0 Å². The van der Waals surface area contributed by atoms with Gasteiger partial charge in [-0.2, -0.15) is 0 Å². The van der Waals surface area contributed by atoms with Crippen LogP contribution in [-0.4, -0.2) is 27.4 Å². The molecule has 2 aromatic rings. The molecule has 0 bridgehead atoms. The van der Waals surface area contributed by atoms with Crippen molar-refractivity contribution in [3.8, 4) is 11.8 Å². The molecule has 0 atom stereocenters. The smallest absolute Gasteiger partial charge is 0.270 e. The summed E-state index contributed by atoms with van der Waals surface area (Å²) in [5.74, 6) is 5.32. The van der Waals surface area contributed by atoms with E-state index in [0.29, 0.717) is 18.8 Å². The van der Waals surface area contributed by atoms with Crippen molar-refractivity contribution in [2.45, 2.75) is 6.54 Å². The zero-order chi connectivity index (χ0) is 13.5. The Kier molecular flexibility index (Phi) is 4.26. The molecule has 0 aromatic carbocycles. The molecule has 0 radical (unpaired) electrons. The molecule has 1 amide bonds. The lowest BCUT2D eigenvalue weighted by atomic mass is 10.2. The molecule has 2 rings (SSSR count). The largest absolute Gasteiger partial charge is 0.347 e. The summed E-state index contributed by atoms with van der Waals surface area (Å²) in [6, 6.07) is 3.36. The summed E-state index contributed by atoms with van der Waals surface area (Å²) in [5, 5.41) is 2.74. The van der Waals surface area contributed by atoms with E-state index in [1.54, 1.807) is 30.9 Å². The van der Waals surface area contributed by atoms with Crippen molar-refractivity contribution in [3.63, 3.8) is 0 Å². The molecule has 2 heterocycles. The van der Waals surface area contributed by atoms with Crippen molar-refractivity contribution >= 4 is 5.91 Å². The summed E-state index contributed by atoms with van der Waals surface area (Å²) in [5.41, 5.74) is 7.18. The van der Waals surface area contributed by atoms with Gasteiger partial charge >= 0.3 is 0 Å². The predicted octanol–water partition coefficient (Wildman–Crippen LogP) is 0.0449. The summed E-state index contributed by atoms with van der Waals surface area (Å²) in [4.78, 5) is 22.6. The van der Waals surface area contributed by atoms with Crippen LogP contribution in [0.4, 0.5) is 0 Å². The first kappa shape index (κ1) is 12.8. The number of H-pyrrole nitrogens is 1. The van der Waals surface area contributed by atoms with E-state index in [-0.39, 0.29) is 5.91 Å². The van der Waals surface area contributed by atoms with Crippen LogP contribution >= 0.6 is 0 Å². The van der Waals surface area contributed by atoms with Crippen molar-refractivity contribution in [2.24, 2.45) is 5.73 Å². The van der Waals surface area contributed by atoms with E-state index in [2.05, 4.69) is 32.1 Å². The number of nitrogens with two attached hydrogens (primary N) is 1. The maximum Gasteiger partial charge on any atom is 0.270 e. The number of nitrogens with zero attached hydrogens (tertiary/aromatic N) is 2. The highest BCUT2D eigenvalue weighted by Crippen LogP contribution is 1.99. The van der Waals surface area contributed by atoms with Crippen molar-refractivity contribution in [1.82, 2.24) is 20.3 Å². The Bertz CT molecular complexity index is 592. The van der Waals surface area contributed by atoms with Crippen molar-refractivity contribution in [3.05, 3.63) is 47.8 Å². The number of pyridine rings is 1. The van der Waals surface area contributed by atoms with Gasteiger partial charge in [-0.1, -0.05) is 11.8 Å². The highest BCUT2D eigenvalue weighted by molar-refractivity contribution is 5.92. The fourth-order valence-electron chi connectivity index (χ4n) is 1.40. The molecule has 0 aliphatic carbocycles. The predicted molar refractivity (Wildman–Crippen MR) is 69.9 cm³/mol. The number of aromatic nitrogens is 3. The van der Waals surface area contributed by atoms with Gasteiger partial charge in [0.25, 0.3) is 5.91 Å². The summed E-state index contributed by atoms with van der Waals surface area (Å²) >= 11 is 0. The van der Waals surface area contributed by atoms with Gasteiger partial charge in [0.1, 0.15) is 5.69 Å². The summed E-state index contributed by atoms with van der Waals surface area (Å²) in [6.45, 7) is 0.682. The van der Waals surface area contributed by atoms with Crippen LogP contribution in [0, 0.1) is 11.8 Å². The quantitative estimate of drug-likeness (QED) is 0.675. The first-order chi connectivity index (χ1) is 9.29. The normalized spacial score (nSPS) is 9.53. The molecule has 0 aliphatic heterocycles. The minimum absolute atomic E-state index is 0.243. The minimum Gasteiger partial charge on any atom is -0.347 e. The molecule has 0 saturated heterocycles. The van der Waals surface area contributed by atoms with E-state index in [1.807, 2.05) is 0 Å². The molecule has 0 spiro atoms. The maximum atomic E-state index is 11.8. The van der Waals surface area contributed by atoms with Crippen molar-refractivity contribution < 1.29 is 4.79 Å². The van der Waals surface area contributed by atoms with Gasteiger partial charge in [0, 0.05) is 18.0 Å².